The smallest absolute Gasteiger partial charge is 0.270 e. The number of rotatable bonds is 7. The lowest BCUT2D eigenvalue weighted by atomic mass is 10.0. The van der Waals surface area contributed by atoms with Crippen molar-refractivity contribution in [2.45, 2.75) is 39.2 Å². The Morgan fingerprint density at radius 3 is 2.76 bits per heavy atom. The molecule has 0 aliphatic rings. The van der Waals surface area contributed by atoms with Gasteiger partial charge in [0.1, 0.15) is 5.69 Å². The molecule has 0 aliphatic carbocycles. The molecule has 0 spiro atoms. The lowest BCUT2D eigenvalue weighted by Gasteiger charge is -2.08. The summed E-state index contributed by atoms with van der Waals surface area (Å²) in [7, 11) is 0. The van der Waals surface area contributed by atoms with Crippen molar-refractivity contribution in [2.24, 2.45) is 0 Å². The Bertz CT molecular complexity index is 860. The Kier molecular flexibility index (Phi) is 5.73. The summed E-state index contributed by atoms with van der Waals surface area (Å²) in [5.74, 6) is -0.165. The molecule has 25 heavy (non-hydrogen) atoms. The summed E-state index contributed by atoms with van der Waals surface area (Å²) in [5, 5.41) is 2.95. The van der Waals surface area contributed by atoms with Gasteiger partial charge in [-0.05, 0) is 48.2 Å². The minimum atomic E-state index is -0.165. The molecule has 4 nitrogen and oxygen atoms in total. The van der Waals surface area contributed by atoms with E-state index < -0.39 is 0 Å². The minimum Gasteiger partial charge on any atom is -0.347 e. The van der Waals surface area contributed by atoms with Crippen LogP contribution in [0.25, 0.3) is 11.0 Å². The molecule has 0 unspecified atom stereocenters. The maximum Gasteiger partial charge on any atom is 0.270 e. The zero-order valence-electron chi connectivity index (χ0n) is 14.5. The largest absolute Gasteiger partial charge is 0.347 e. The van der Waals surface area contributed by atoms with E-state index in [0.717, 1.165) is 23.0 Å². The van der Waals surface area contributed by atoms with E-state index in [1.165, 1.54) is 24.8 Å². The van der Waals surface area contributed by atoms with Crippen LogP contribution in [-0.4, -0.2) is 15.9 Å². The lowest BCUT2D eigenvalue weighted by molar-refractivity contribution is 0.0946. The first-order chi connectivity index (χ1) is 12.3. The van der Waals surface area contributed by atoms with Gasteiger partial charge in [-0.2, -0.15) is 0 Å². The van der Waals surface area contributed by atoms with Crippen molar-refractivity contribution in [1.29, 1.82) is 0 Å². The number of unbranched alkanes of at least 4 members (excludes halogenated alkanes) is 2. The molecule has 0 aliphatic heterocycles. The number of fused-ring (bicyclic) bond motifs is 1. The van der Waals surface area contributed by atoms with E-state index in [9.17, 15) is 4.79 Å². The van der Waals surface area contributed by atoms with E-state index in [2.05, 4.69) is 40.4 Å². The number of carbonyl (C=O) groups is 1. The van der Waals surface area contributed by atoms with Crippen molar-refractivity contribution in [3.63, 3.8) is 0 Å². The zero-order chi connectivity index (χ0) is 17.5. The molecule has 3 rings (SSSR count). The van der Waals surface area contributed by atoms with E-state index in [4.69, 9.17) is 0 Å². The first-order valence-electron chi connectivity index (χ1n) is 8.84. The van der Waals surface area contributed by atoms with Crippen LogP contribution in [0.1, 0.15) is 47.8 Å². The van der Waals surface area contributed by atoms with Gasteiger partial charge in [0.05, 0.1) is 11.0 Å². The highest BCUT2D eigenvalue weighted by Gasteiger charge is 2.08. The average Bonchev–Trinajstić information content (AvgIpc) is 2.66. The summed E-state index contributed by atoms with van der Waals surface area (Å²) in [5.41, 5.74) is 4.38. The molecule has 2 heterocycles. The highest BCUT2D eigenvalue weighted by atomic mass is 16.1. The predicted octanol–water partition coefficient (Wildman–Crippen LogP) is 4.29. The van der Waals surface area contributed by atoms with Gasteiger partial charge in [0, 0.05) is 12.7 Å². The molecule has 0 saturated carbocycles. The first-order valence-corrected chi connectivity index (χ1v) is 8.84. The van der Waals surface area contributed by atoms with E-state index in [0.29, 0.717) is 12.2 Å². The highest BCUT2D eigenvalue weighted by Crippen LogP contribution is 2.11. The van der Waals surface area contributed by atoms with Crippen molar-refractivity contribution in [3.05, 3.63) is 71.5 Å². The van der Waals surface area contributed by atoms with Crippen LogP contribution in [0.5, 0.6) is 0 Å². The van der Waals surface area contributed by atoms with Crippen LogP contribution in [0.3, 0.4) is 0 Å². The number of benzene rings is 1. The number of carbonyl (C=O) groups excluding carboxylic acids is 1. The van der Waals surface area contributed by atoms with Crippen LogP contribution < -0.4 is 5.32 Å². The Morgan fingerprint density at radius 1 is 1.00 bits per heavy atom. The van der Waals surface area contributed by atoms with Crippen LogP contribution in [0, 0.1) is 0 Å². The van der Waals surface area contributed by atoms with Gasteiger partial charge in [0.2, 0.25) is 0 Å². The fourth-order valence-electron chi connectivity index (χ4n) is 2.83. The van der Waals surface area contributed by atoms with E-state index in [1.54, 1.807) is 12.3 Å². The molecule has 0 atom stereocenters. The first kappa shape index (κ1) is 17.1. The van der Waals surface area contributed by atoms with E-state index >= 15 is 0 Å². The summed E-state index contributed by atoms with van der Waals surface area (Å²) in [6, 6.07) is 15.6. The Balaban J connectivity index is 1.62. The topological polar surface area (TPSA) is 54.9 Å². The van der Waals surface area contributed by atoms with Gasteiger partial charge < -0.3 is 5.32 Å². The van der Waals surface area contributed by atoms with Crippen LogP contribution in [0.4, 0.5) is 0 Å². The SMILES string of the molecule is CCCCCc1cccc(CNC(=O)c2ccc3ncccc3n2)c1. The number of aromatic nitrogens is 2. The van der Waals surface area contributed by atoms with Gasteiger partial charge in [0.25, 0.3) is 5.91 Å². The van der Waals surface area contributed by atoms with Crippen molar-refractivity contribution in [3.8, 4) is 0 Å². The molecule has 0 fully saturated rings. The number of hydrogen-bond acceptors (Lipinski definition) is 3. The Hall–Kier alpha value is -2.75. The number of nitrogens with one attached hydrogen (secondary N) is 1. The maximum absolute atomic E-state index is 12.4. The number of hydrogen-bond donors (Lipinski definition) is 1. The number of nitrogens with zero attached hydrogens (tertiary/aromatic N) is 2. The van der Waals surface area contributed by atoms with Crippen molar-refractivity contribution >= 4 is 16.9 Å². The van der Waals surface area contributed by atoms with Gasteiger partial charge in [-0.3, -0.25) is 9.78 Å². The molecule has 2 aromatic heterocycles. The molecular formula is C21H23N3O. The molecule has 0 radical (unpaired) electrons. The van der Waals surface area contributed by atoms with Crippen molar-refractivity contribution < 1.29 is 4.79 Å². The third kappa shape index (κ3) is 4.63. The zero-order valence-corrected chi connectivity index (χ0v) is 14.5. The third-order valence-corrected chi connectivity index (χ3v) is 4.20. The third-order valence-electron chi connectivity index (χ3n) is 4.20. The second kappa shape index (κ2) is 8.38. The van der Waals surface area contributed by atoms with Gasteiger partial charge in [-0.25, -0.2) is 4.98 Å². The number of pyridine rings is 2. The lowest BCUT2D eigenvalue weighted by Crippen LogP contribution is -2.23. The molecule has 1 N–H and O–H groups in total. The standard InChI is InChI=1S/C21H23N3O/c1-2-3-4-7-16-8-5-9-17(14-16)15-23-21(25)20-12-11-18-19(24-20)10-6-13-22-18/h5-6,8-14H,2-4,7,15H2,1H3,(H,23,25). The Labute approximate surface area is 148 Å². The normalized spacial score (nSPS) is 10.8. The van der Waals surface area contributed by atoms with Crippen LogP contribution >= 0.6 is 0 Å². The molecule has 3 aromatic rings. The van der Waals surface area contributed by atoms with E-state index in [-0.39, 0.29) is 5.91 Å². The predicted molar refractivity (Wildman–Crippen MR) is 100 cm³/mol. The fourth-order valence-corrected chi connectivity index (χ4v) is 2.83. The van der Waals surface area contributed by atoms with Gasteiger partial charge >= 0.3 is 0 Å². The number of amides is 1. The van der Waals surface area contributed by atoms with Crippen molar-refractivity contribution in [1.82, 2.24) is 15.3 Å². The van der Waals surface area contributed by atoms with Crippen LogP contribution in [-0.2, 0) is 13.0 Å². The molecular weight excluding hydrogens is 310 g/mol. The quantitative estimate of drug-likeness (QED) is 0.656. The minimum absolute atomic E-state index is 0.165. The van der Waals surface area contributed by atoms with Gasteiger partial charge in [-0.1, -0.05) is 44.0 Å². The second-order valence-electron chi connectivity index (χ2n) is 6.20. The molecule has 1 amide bonds. The van der Waals surface area contributed by atoms with E-state index in [1.807, 2.05) is 24.3 Å². The monoisotopic (exact) mass is 333 g/mol. The highest BCUT2D eigenvalue weighted by molar-refractivity contribution is 5.94. The number of aryl methyl sites for hydroxylation is 1. The molecule has 1 aromatic carbocycles. The van der Waals surface area contributed by atoms with Gasteiger partial charge in [-0.15, -0.1) is 0 Å². The Morgan fingerprint density at radius 2 is 1.88 bits per heavy atom. The summed E-state index contributed by atoms with van der Waals surface area (Å²) in [6.45, 7) is 2.72. The summed E-state index contributed by atoms with van der Waals surface area (Å²) in [4.78, 5) is 21.0. The average molecular weight is 333 g/mol. The van der Waals surface area contributed by atoms with Crippen molar-refractivity contribution in [2.75, 3.05) is 0 Å². The fraction of sp³-hybridized carbons (Fsp3) is 0.286. The van der Waals surface area contributed by atoms with Gasteiger partial charge in [0.15, 0.2) is 0 Å². The summed E-state index contributed by atoms with van der Waals surface area (Å²) in [6.07, 6.45) is 6.50. The molecule has 0 saturated heterocycles. The van der Waals surface area contributed by atoms with Crippen LogP contribution in [0.15, 0.2) is 54.7 Å². The molecule has 4 heteroatoms. The second-order valence-corrected chi connectivity index (χ2v) is 6.20. The molecule has 128 valence electrons. The summed E-state index contributed by atoms with van der Waals surface area (Å²) < 4.78 is 0. The summed E-state index contributed by atoms with van der Waals surface area (Å²) >= 11 is 0. The molecule has 0 bridgehead atoms. The maximum atomic E-state index is 12.4. The van der Waals surface area contributed by atoms with Crippen LogP contribution in [0.2, 0.25) is 0 Å².